The van der Waals surface area contributed by atoms with Crippen LogP contribution in [0.5, 0.6) is 0 Å². The van der Waals surface area contributed by atoms with E-state index in [1.54, 1.807) is 19.4 Å². The summed E-state index contributed by atoms with van der Waals surface area (Å²) in [4.78, 5) is 24.9. The zero-order valence-corrected chi connectivity index (χ0v) is 17.5. The Labute approximate surface area is 171 Å². The molecular formula is C23H27N5O. The largest absolute Gasteiger partial charge is 0.311 e. The first kappa shape index (κ1) is 20.5. The maximum absolute atomic E-state index is 11.4. The standard InChI is InChI=1S/C23H27N5O/c1-6-8-9-18-10-15(3)20(14-25-18)19-11-17-13-26-22(27-16(4)29)12-21(17)28(7-2)23(19)24-5/h7,10-14H,2,6,8-9H2,1,3-5H3,(H,26,27,29). The molecule has 0 aliphatic rings. The number of nitrogens with zero attached hydrogens (tertiary/aromatic N) is 4. The second-order valence-corrected chi connectivity index (χ2v) is 7.06. The lowest BCUT2D eigenvalue weighted by molar-refractivity contribution is -0.114. The van der Waals surface area contributed by atoms with Crippen molar-refractivity contribution in [2.24, 2.45) is 4.99 Å². The van der Waals surface area contributed by atoms with Gasteiger partial charge in [0.05, 0.1) is 5.52 Å². The Morgan fingerprint density at radius 1 is 1.24 bits per heavy atom. The molecule has 0 spiro atoms. The minimum absolute atomic E-state index is 0.163. The summed E-state index contributed by atoms with van der Waals surface area (Å²) in [5.41, 5.74) is 5.93. The zero-order valence-electron chi connectivity index (χ0n) is 17.5. The van der Waals surface area contributed by atoms with E-state index in [1.807, 2.05) is 16.8 Å². The fourth-order valence-electron chi connectivity index (χ4n) is 3.49. The Bertz CT molecular complexity index is 1140. The van der Waals surface area contributed by atoms with E-state index in [-0.39, 0.29) is 5.91 Å². The molecule has 0 aliphatic heterocycles. The Kier molecular flexibility index (Phi) is 6.22. The molecule has 3 rings (SSSR count). The fraction of sp³-hybridized carbons (Fsp3) is 0.304. The highest BCUT2D eigenvalue weighted by atomic mass is 16.1. The highest BCUT2D eigenvalue weighted by Crippen LogP contribution is 2.25. The van der Waals surface area contributed by atoms with Crippen LogP contribution in [0.15, 0.2) is 42.2 Å². The molecule has 0 unspecified atom stereocenters. The van der Waals surface area contributed by atoms with Crippen molar-refractivity contribution in [3.8, 4) is 11.1 Å². The number of carbonyl (C=O) groups excluding carboxylic acids is 1. The van der Waals surface area contributed by atoms with Gasteiger partial charge in [-0.05, 0) is 37.5 Å². The van der Waals surface area contributed by atoms with Crippen LogP contribution in [0, 0.1) is 6.92 Å². The number of aromatic nitrogens is 3. The fourth-order valence-corrected chi connectivity index (χ4v) is 3.49. The number of carbonyl (C=O) groups is 1. The van der Waals surface area contributed by atoms with Crippen LogP contribution in [0.4, 0.5) is 5.82 Å². The molecule has 1 N–H and O–H groups in total. The van der Waals surface area contributed by atoms with Crippen molar-refractivity contribution in [3.05, 3.63) is 53.9 Å². The summed E-state index contributed by atoms with van der Waals surface area (Å²) < 4.78 is 1.92. The molecule has 0 atom stereocenters. The van der Waals surface area contributed by atoms with Gasteiger partial charge in [0, 0.05) is 60.8 Å². The molecule has 0 saturated carbocycles. The van der Waals surface area contributed by atoms with Gasteiger partial charge in [0.1, 0.15) is 11.3 Å². The first-order valence-corrected chi connectivity index (χ1v) is 9.82. The number of anilines is 1. The van der Waals surface area contributed by atoms with Crippen LogP contribution in [0.3, 0.4) is 0 Å². The molecule has 6 nitrogen and oxygen atoms in total. The minimum Gasteiger partial charge on any atom is -0.311 e. The maximum atomic E-state index is 11.4. The number of nitrogens with one attached hydrogen (secondary N) is 1. The van der Waals surface area contributed by atoms with Gasteiger partial charge >= 0.3 is 0 Å². The Hall–Kier alpha value is -3.28. The summed E-state index contributed by atoms with van der Waals surface area (Å²) in [5.74, 6) is 0.331. The summed E-state index contributed by atoms with van der Waals surface area (Å²) in [7, 11) is 1.76. The molecular weight excluding hydrogens is 362 g/mol. The topological polar surface area (TPSA) is 72.2 Å². The Balaban J connectivity index is 2.21. The Morgan fingerprint density at radius 3 is 2.66 bits per heavy atom. The van der Waals surface area contributed by atoms with Crippen LogP contribution in [-0.2, 0) is 11.2 Å². The first-order valence-electron chi connectivity index (χ1n) is 9.82. The van der Waals surface area contributed by atoms with Gasteiger partial charge in [0.25, 0.3) is 0 Å². The van der Waals surface area contributed by atoms with Crippen molar-refractivity contribution in [1.29, 1.82) is 0 Å². The van der Waals surface area contributed by atoms with Gasteiger partial charge in [-0.25, -0.2) is 4.98 Å². The molecule has 29 heavy (non-hydrogen) atoms. The molecule has 0 radical (unpaired) electrons. The molecule has 3 heterocycles. The highest BCUT2D eigenvalue weighted by molar-refractivity contribution is 5.92. The number of aryl methyl sites for hydroxylation is 2. The zero-order chi connectivity index (χ0) is 21.0. The van der Waals surface area contributed by atoms with Crippen molar-refractivity contribution in [1.82, 2.24) is 14.5 Å². The SMILES string of the molecule is C=Cn1c(=NC)c(-c2cnc(CCCC)cc2C)cc2cnc(NC(C)=O)cc21. The van der Waals surface area contributed by atoms with E-state index < -0.39 is 0 Å². The normalized spacial score (nSPS) is 11.7. The van der Waals surface area contributed by atoms with Crippen molar-refractivity contribution in [3.63, 3.8) is 0 Å². The second kappa shape index (κ2) is 8.82. The monoisotopic (exact) mass is 389 g/mol. The molecule has 6 heteroatoms. The number of pyridine rings is 3. The van der Waals surface area contributed by atoms with E-state index in [4.69, 9.17) is 0 Å². The second-order valence-electron chi connectivity index (χ2n) is 7.06. The van der Waals surface area contributed by atoms with Gasteiger partial charge < -0.3 is 9.88 Å². The number of rotatable bonds is 6. The van der Waals surface area contributed by atoms with Crippen LogP contribution in [0.2, 0.25) is 0 Å². The van der Waals surface area contributed by atoms with Gasteiger partial charge in [-0.15, -0.1) is 0 Å². The van der Waals surface area contributed by atoms with Gasteiger partial charge in [-0.2, -0.15) is 0 Å². The molecule has 3 aromatic heterocycles. The third kappa shape index (κ3) is 4.26. The van der Waals surface area contributed by atoms with Crippen LogP contribution < -0.4 is 10.8 Å². The van der Waals surface area contributed by atoms with E-state index >= 15 is 0 Å². The summed E-state index contributed by atoms with van der Waals surface area (Å²) >= 11 is 0. The van der Waals surface area contributed by atoms with Crippen molar-refractivity contribution >= 4 is 28.8 Å². The average Bonchev–Trinajstić information content (AvgIpc) is 2.70. The van der Waals surface area contributed by atoms with E-state index in [9.17, 15) is 4.79 Å². The quantitative estimate of drug-likeness (QED) is 0.682. The number of unbranched alkanes of at least 4 members (excludes halogenated alkanes) is 1. The van der Waals surface area contributed by atoms with Crippen LogP contribution in [-0.4, -0.2) is 27.5 Å². The van der Waals surface area contributed by atoms with Crippen molar-refractivity contribution in [2.45, 2.75) is 40.0 Å². The molecule has 0 aromatic carbocycles. The van der Waals surface area contributed by atoms with Crippen molar-refractivity contribution < 1.29 is 4.79 Å². The van der Waals surface area contributed by atoms with Gasteiger partial charge in [-0.3, -0.25) is 14.8 Å². The molecule has 0 saturated heterocycles. The molecule has 150 valence electrons. The van der Waals surface area contributed by atoms with E-state index in [0.29, 0.717) is 5.82 Å². The van der Waals surface area contributed by atoms with E-state index in [1.165, 1.54) is 6.92 Å². The number of hydrogen-bond acceptors (Lipinski definition) is 4. The molecule has 0 bridgehead atoms. The predicted octanol–water partition coefficient (Wildman–Crippen LogP) is 4.34. The lowest BCUT2D eigenvalue weighted by atomic mass is 10.0. The predicted molar refractivity (Wildman–Crippen MR) is 118 cm³/mol. The molecule has 1 amide bonds. The summed E-state index contributed by atoms with van der Waals surface area (Å²) in [6.07, 6.45) is 8.69. The third-order valence-corrected chi connectivity index (χ3v) is 4.88. The maximum Gasteiger partial charge on any atom is 0.222 e. The Morgan fingerprint density at radius 2 is 2.03 bits per heavy atom. The average molecular weight is 390 g/mol. The molecule has 0 aliphatic carbocycles. The van der Waals surface area contributed by atoms with Crippen LogP contribution in [0.25, 0.3) is 28.2 Å². The van der Waals surface area contributed by atoms with Gasteiger partial charge in [0.2, 0.25) is 5.91 Å². The number of fused-ring (bicyclic) bond motifs is 1. The van der Waals surface area contributed by atoms with E-state index in [2.05, 4.69) is 52.8 Å². The summed E-state index contributed by atoms with van der Waals surface area (Å²) in [5, 5.41) is 3.65. The smallest absolute Gasteiger partial charge is 0.222 e. The van der Waals surface area contributed by atoms with Gasteiger partial charge in [0.15, 0.2) is 0 Å². The molecule has 3 aromatic rings. The first-order chi connectivity index (χ1) is 14.0. The number of amides is 1. The summed E-state index contributed by atoms with van der Waals surface area (Å²) in [6, 6.07) is 6.05. The lowest BCUT2D eigenvalue weighted by Crippen LogP contribution is -2.20. The van der Waals surface area contributed by atoms with Crippen LogP contribution in [0.1, 0.15) is 37.9 Å². The summed E-state index contributed by atoms with van der Waals surface area (Å²) in [6.45, 7) is 9.72. The van der Waals surface area contributed by atoms with Gasteiger partial charge in [-0.1, -0.05) is 19.9 Å². The third-order valence-electron chi connectivity index (χ3n) is 4.88. The van der Waals surface area contributed by atoms with Crippen LogP contribution >= 0.6 is 0 Å². The highest BCUT2D eigenvalue weighted by Gasteiger charge is 2.12. The van der Waals surface area contributed by atoms with E-state index in [0.717, 1.165) is 58.0 Å². The minimum atomic E-state index is -0.163. The molecule has 0 fully saturated rings. The number of hydrogen-bond donors (Lipinski definition) is 1. The van der Waals surface area contributed by atoms with Crippen molar-refractivity contribution in [2.75, 3.05) is 12.4 Å². The lowest BCUT2D eigenvalue weighted by Gasteiger charge is -2.15.